The monoisotopic (exact) mass is 250 g/mol. The van der Waals surface area contributed by atoms with Crippen LogP contribution in [0, 0.1) is 13.8 Å². The van der Waals surface area contributed by atoms with Gasteiger partial charge in [0.15, 0.2) is 0 Å². The van der Waals surface area contributed by atoms with E-state index in [9.17, 15) is 0 Å². The Labute approximate surface area is 111 Å². The molecule has 0 unspecified atom stereocenters. The zero-order valence-electron chi connectivity index (χ0n) is 12.3. The molecule has 1 rings (SSSR count). The molecule has 1 N–H and O–H groups in total. The van der Waals surface area contributed by atoms with E-state index in [0.29, 0.717) is 0 Å². The Morgan fingerprint density at radius 3 is 2.50 bits per heavy atom. The van der Waals surface area contributed by atoms with Crippen LogP contribution in [0.1, 0.15) is 16.7 Å². The number of rotatable bonds is 7. The number of nitrogens with one attached hydrogen (secondary N) is 1. The third-order valence-corrected chi connectivity index (χ3v) is 3.36. The summed E-state index contributed by atoms with van der Waals surface area (Å²) in [5, 5.41) is 3.17. The fourth-order valence-electron chi connectivity index (χ4n) is 2.06. The number of benzene rings is 1. The quantitative estimate of drug-likeness (QED) is 0.801. The minimum Gasteiger partial charge on any atom is -0.496 e. The van der Waals surface area contributed by atoms with Gasteiger partial charge in [-0.1, -0.05) is 6.07 Å². The molecule has 1 aromatic rings. The van der Waals surface area contributed by atoms with Gasteiger partial charge in [-0.15, -0.1) is 0 Å². The molecule has 1 aromatic carbocycles. The number of likely N-dealkylation sites (N-methyl/N-ethyl adjacent to an activating group) is 2. The maximum Gasteiger partial charge on any atom is 0.122 e. The molecule has 3 heteroatoms. The molecule has 0 saturated heterocycles. The van der Waals surface area contributed by atoms with Crippen molar-refractivity contribution in [2.75, 3.05) is 40.8 Å². The summed E-state index contributed by atoms with van der Waals surface area (Å²) < 4.78 is 5.34. The second-order valence-electron chi connectivity index (χ2n) is 4.91. The van der Waals surface area contributed by atoms with Crippen LogP contribution in [-0.2, 0) is 6.42 Å². The predicted octanol–water partition coefficient (Wildman–Crippen LogP) is 2.01. The second kappa shape index (κ2) is 7.39. The molecule has 0 aliphatic rings. The molecule has 0 heterocycles. The molecule has 3 nitrogen and oxygen atoms in total. The van der Waals surface area contributed by atoms with Crippen LogP contribution in [0.2, 0.25) is 0 Å². The number of aryl methyl sites for hydroxylation is 2. The molecular formula is C15H26N2O. The summed E-state index contributed by atoms with van der Waals surface area (Å²) in [7, 11) is 5.89. The highest BCUT2D eigenvalue weighted by atomic mass is 16.5. The number of methoxy groups -OCH3 is 1. The lowest BCUT2D eigenvalue weighted by atomic mass is 10.0. The van der Waals surface area contributed by atoms with Gasteiger partial charge in [-0.3, -0.25) is 0 Å². The number of ether oxygens (including phenoxy) is 1. The summed E-state index contributed by atoms with van der Waals surface area (Å²) in [5.74, 6) is 0.986. The van der Waals surface area contributed by atoms with Gasteiger partial charge in [0.2, 0.25) is 0 Å². The molecule has 0 amide bonds. The summed E-state index contributed by atoms with van der Waals surface area (Å²) >= 11 is 0. The predicted molar refractivity (Wildman–Crippen MR) is 77.6 cm³/mol. The van der Waals surface area contributed by atoms with Crippen molar-refractivity contribution >= 4 is 0 Å². The summed E-state index contributed by atoms with van der Waals surface area (Å²) in [6.07, 6.45) is 1.09. The lowest BCUT2D eigenvalue weighted by Gasteiger charge is -2.18. The highest BCUT2D eigenvalue weighted by Crippen LogP contribution is 2.22. The first-order valence-electron chi connectivity index (χ1n) is 6.55. The van der Waals surface area contributed by atoms with Gasteiger partial charge >= 0.3 is 0 Å². The largest absolute Gasteiger partial charge is 0.496 e. The van der Waals surface area contributed by atoms with E-state index in [1.165, 1.54) is 16.7 Å². The summed E-state index contributed by atoms with van der Waals surface area (Å²) in [5.41, 5.74) is 3.96. The Bertz CT molecular complexity index is 377. The first-order valence-corrected chi connectivity index (χ1v) is 6.55. The van der Waals surface area contributed by atoms with Gasteiger partial charge in [-0.25, -0.2) is 0 Å². The van der Waals surface area contributed by atoms with Crippen molar-refractivity contribution in [1.82, 2.24) is 10.2 Å². The Morgan fingerprint density at radius 1 is 1.17 bits per heavy atom. The zero-order chi connectivity index (χ0) is 13.5. The molecule has 0 radical (unpaired) electrons. The van der Waals surface area contributed by atoms with Crippen molar-refractivity contribution < 1.29 is 4.74 Å². The van der Waals surface area contributed by atoms with E-state index in [-0.39, 0.29) is 0 Å². The van der Waals surface area contributed by atoms with Crippen LogP contribution in [0.4, 0.5) is 0 Å². The fourth-order valence-corrected chi connectivity index (χ4v) is 2.06. The molecule has 0 saturated carbocycles. The van der Waals surface area contributed by atoms with E-state index in [2.05, 4.69) is 43.2 Å². The van der Waals surface area contributed by atoms with E-state index < -0.39 is 0 Å². The van der Waals surface area contributed by atoms with Crippen LogP contribution >= 0.6 is 0 Å². The molecule has 0 bridgehead atoms. The van der Waals surface area contributed by atoms with Crippen molar-refractivity contribution in [2.24, 2.45) is 0 Å². The lowest BCUT2D eigenvalue weighted by Crippen LogP contribution is -2.29. The number of nitrogens with zero attached hydrogens (tertiary/aromatic N) is 1. The fraction of sp³-hybridized carbons (Fsp3) is 0.600. The van der Waals surface area contributed by atoms with Crippen LogP contribution in [0.3, 0.4) is 0 Å². The highest BCUT2D eigenvalue weighted by Gasteiger charge is 2.06. The Morgan fingerprint density at radius 2 is 1.89 bits per heavy atom. The molecule has 0 aliphatic heterocycles. The molecule has 18 heavy (non-hydrogen) atoms. The summed E-state index contributed by atoms with van der Waals surface area (Å²) in [6, 6.07) is 4.39. The van der Waals surface area contributed by atoms with Gasteiger partial charge in [0.05, 0.1) is 7.11 Å². The summed E-state index contributed by atoms with van der Waals surface area (Å²) in [6.45, 7) is 7.48. The van der Waals surface area contributed by atoms with Crippen molar-refractivity contribution in [3.63, 3.8) is 0 Å². The zero-order valence-corrected chi connectivity index (χ0v) is 12.3. The maximum atomic E-state index is 5.34. The molecule has 102 valence electrons. The highest BCUT2D eigenvalue weighted by molar-refractivity contribution is 5.41. The molecule has 0 atom stereocenters. The van der Waals surface area contributed by atoms with E-state index in [1.54, 1.807) is 7.11 Å². The third-order valence-electron chi connectivity index (χ3n) is 3.36. The van der Waals surface area contributed by atoms with Crippen LogP contribution < -0.4 is 10.1 Å². The van der Waals surface area contributed by atoms with Crippen LogP contribution in [0.5, 0.6) is 5.75 Å². The minimum atomic E-state index is 0.986. The van der Waals surface area contributed by atoms with Gasteiger partial charge < -0.3 is 15.0 Å². The van der Waals surface area contributed by atoms with Crippen molar-refractivity contribution in [3.05, 3.63) is 28.8 Å². The third kappa shape index (κ3) is 4.31. The molecule has 0 aliphatic carbocycles. The second-order valence-corrected chi connectivity index (χ2v) is 4.91. The lowest BCUT2D eigenvalue weighted by molar-refractivity contribution is 0.339. The van der Waals surface area contributed by atoms with E-state index >= 15 is 0 Å². The molecule has 0 spiro atoms. The normalized spacial score (nSPS) is 11.0. The van der Waals surface area contributed by atoms with Gasteiger partial charge in [0.25, 0.3) is 0 Å². The van der Waals surface area contributed by atoms with Crippen molar-refractivity contribution in [2.45, 2.75) is 20.3 Å². The Kier molecular flexibility index (Phi) is 6.16. The average Bonchev–Trinajstić information content (AvgIpc) is 2.36. The van der Waals surface area contributed by atoms with Crippen LogP contribution in [-0.4, -0.2) is 45.7 Å². The topological polar surface area (TPSA) is 24.5 Å². The molecule has 0 fully saturated rings. The number of hydrogen-bond acceptors (Lipinski definition) is 3. The smallest absolute Gasteiger partial charge is 0.122 e. The van der Waals surface area contributed by atoms with Crippen LogP contribution in [0.15, 0.2) is 12.1 Å². The van der Waals surface area contributed by atoms with E-state index in [1.807, 2.05) is 7.05 Å². The van der Waals surface area contributed by atoms with Gasteiger partial charge in [-0.05, 0) is 57.1 Å². The average molecular weight is 250 g/mol. The van der Waals surface area contributed by atoms with Gasteiger partial charge in [0, 0.05) is 19.6 Å². The van der Waals surface area contributed by atoms with E-state index in [0.717, 1.165) is 31.8 Å². The first-order chi connectivity index (χ1) is 8.58. The molecular weight excluding hydrogens is 224 g/mol. The Hall–Kier alpha value is -1.06. The van der Waals surface area contributed by atoms with Crippen molar-refractivity contribution in [1.29, 1.82) is 0 Å². The van der Waals surface area contributed by atoms with Gasteiger partial charge in [0.1, 0.15) is 5.75 Å². The SMILES string of the molecule is CNCCN(C)CCc1cc(C)c(OC)cc1C. The van der Waals surface area contributed by atoms with Gasteiger partial charge in [-0.2, -0.15) is 0 Å². The minimum absolute atomic E-state index is 0.986. The van der Waals surface area contributed by atoms with Crippen LogP contribution in [0.25, 0.3) is 0 Å². The maximum absolute atomic E-state index is 5.34. The van der Waals surface area contributed by atoms with E-state index in [4.69, 9.17) is 4.74 Å². The molecule has 0 aromatic heterocycles. The summed E-state index contributed by atoms with van der Waals surface area (Å²) in [4.78, 5) is 2.36. The van der Waals surface area contributed by atoms with Crippen molar-refractivity contribution in [3.8, 4) is 5.75 Å². The number of hydrogen-bond donors (Lipinski definition) is 1. The standard InChI is InChI=1S/C15H26N2O/c1-12-11-15(18-5)13(2)10-14(12)6-8-17(4)9-7-16-3/h10-11,16H,6-9H2,1-5H3. The first kappa shape index (κ1) is 15.0. The Balaban J connectivity index is 2.59.